The zero-order chi connectivity index (χ0) is 8.43. The summed E-state index contributed by atoms with van der Waals surface area (Å²) in [7, 11) is 0. The Morgan fingerprint density at radius 1 is 1.73 bits per heavy atom. The molecule has 0 fully saturated rings. The van der Waals surface area contributed by atoms with Crippen LogP contribution in [0, 0.1) is 0 Å². The highest BCUT2D eigenvalue weighted by molar-refractivity contribution is 5.22. The van der Waals surface area contributed by atoms with E-state index in [-0.39, 0.29) is 23.5 Å². The molecule has 5 heteroatoms. The third kappa shape index (κ3) is 1.14. The van der Waals surface area contributed by atoms with Crippen LogP contribution in [-0.4, -0.2) is 14.9 Å². The van der Waals surface area contributed by atoms with Crippen molar-refractivity contribution in [3.05, 3.63) is 15.9 Å². The molecule has 0 aliphatic heterocycles. The Morgan fingerprint density at radius 2 is 2.36 bits per heavy atom. The van der Waals surface area contributed by atoms with Gasteiger partial charge in [-0.3, -0.25) is 14.6 Å². The predicted molar refractivity (Wildman–Crippen MR) is 40.3 cm³/mol. The standard InChI is InChI=1S/C6H11N3O2/c1-2-9-6(11)4(3-7)5(10)8-9/h11H,2-3,7H2,1H3,(H,8,10). The number of H-pyrrole nitrogens is 1. The third-order valence-electron chi connectivity index (χ3n) is 1.56. The van der Waals surface area contributed by atoms with Crippen molar-refractivity contribution >= 4 is 0 Å². The number of hydrogen-bond acceptors (Lipinski definition) is 3. The lowest BCUT2D eigenvalue weighted by Crippen LogP contribution is -2.10. The Bertz CT molecular complexity index is 299. The van der Waals surface area contributed by atoms with Crippen molar-refractivity contribution in [1.82, 2.24) is 9.78 Å². The topological polar surface area (TPSA) is 84.0 Å². The van der Waals surface area contributed by atoms with Crippen LogP contribution in [0.5, 0.6) is 5.88 Å². The molecule has 0 atom stereocenters. The zero-order valence-electron chi connectivity index (χ0n) is 6.29. The van der Waals surface area contributed by atoms with Gasteiger partial charge in [-0.1, -0.05) is 0 Å². The summed E-state index contributed by atoms with van der Waals surface area (Å²) in [5.41, 5.74) is 5.16. The summed E-state index contributed by atoms with van der Waals surface area (Å²) in [5, 5.41) is 11.7. The fraction of sp³-hybridized carbons (Fsp3) is 0.500. The summed E-state index contributed by atoms with van der Waals surface area (Å²) in [6, 6.07) is 0. The average Bonchev–Trinajstić information content (AvgIpc) is 2.26. The molecule has 1 aromatic heterocycles. The maximum absolute atomic E-state index is 10.9. The van der Waals surface area contributed by atoms with Gasteiger partial charge in [0.2, 0.25) is 5.88 Å². The number of aryl methyl sites for hydroxylation is 1. The van der Waals surface area contributed by atoms with E-state index in [0.717, 1.165) is 0 Å². The fourth-order valence-corrected chi connectivity index (χ4v) is 0.920. The number of nitrogens with two attached hydrogens (primary N) is 1. The number of rotatable bonds is 2. The van der Waals surface area contributed by atoms with E-state index in [0.29, 0.717) is 6.54 Å². The highest BCUT2D eigenvalue weighted by Crippen LogP contribution is 2.09. The van der Waals surface area contributed by atoms with Gasteiger partial charge >= 0.3 is 0 Å². The number of hydrogen-bond donors (Lipinski definition) is 3. The first-order chi connectivity index (χ1) is 5.20. The van der Waals surface area contributed by atoms with Crippen molar-refractivity contribution in [1.29, 1.82) is 0 Å². The number of nitrogens with zero attached hydrogens (tertiary/aromatic N) is 1. The van der Waals surface area contributed by atoms with Crippen molar-refractivity contribution in [2.75, 3.05) is 0 Å². The average molecular weight is 157 g/mol. The molecule has 0 radical (unpaired) electrons. The molecule has 0 spiro atoms. The first-order valence-electron chi connectivity index (χ1n) is 3.41. The highest BCUT2D eigenvalue weighted by atomic mass is 16.3. The van der Waals surface area contributed by atoms with Gasteiger partial charge in [0.1, 0.15) is 0 Å². The van der Waals surface area contributed by atoms with Gasteiger partial charge in [-0.2, -0.15) is 0 Å². The van der Waals surface area contributed by atoms with Crippen LogP contribution >= 0.6 is 0 Å². The lowest BCUT2D eigenvalue weighted by molar-refractivity contribution is 0.400. The van der Waals surface area contributed by atoms with Crippen molar-refractivity contribution < 1.29 is 5.11 Å². The Labute approximate surface area is 63.4 Å². The predicted octanol–water partition coefficient (Wildman–Crippen LogP) is -0.639. The second kappa shape index (κ2) is 2.79. The second-order valence-corrected chi connectivity index (χ2v) is 2.19. The molecule has 0 aliphatic carbocycles. The van der Waals surface area contributed by atoms with E-state index in [1.54, 1.807) is 0 Å². The summed E-state index contributed by atoms with van der Waals surface area (Å²) >= 11 is 0. The first kappa shape index (κ1) is 7.87. The van der Waals surface area contributed by atoms with Crippen molar-refractivity contribution in [2.24, 2.45) is 5.73 Å². The molecule has 1 heterocycles. The molecule has 0 bridgehead atoms. The van der Waals surface area contributed by atoms with E-state index in [9.17, 15) is 9.90 Å². The van der Waals surface area contributed by atoms with Crippen LogP contribution < -0.4 is 11.3 Å². The van der Waals surface area contributed by atoms with Gasteiger partial charge in [0.25, 0.3) is 5.56 Å². The molecule has 5 nitrogen and oxygen atoms in total. The lowest BCUT2D eigenvalue weighted by Gasteiger charge is -1.97. The van der Waals surface area contributed by atoms with Crippen LogP contribution in [0.15, 0.2) is 4.79 Å². The largest absolute Gasteiger partial charge is 0.493 e. The number of aromatic nitrogens is 2. The van der Waals surface area contributed by atoms with Crippen LogP contribution in [0.2, 0.25) is 0 Å². The van der Waals surface area contributed by atoms with Crippen molar-refractivity contribution in [3.63, 3.8) is 0 Å². The van der Waals surface area contributed by atoms with Crippen LogP contribution in [0.4, 0.5) is 0 Å². The van der Waals surface area contributed by atoms with Crippen LogP contribution in [0.3, 0.4) is 0 Å². The van der Waals surface area contributed by atoms with E-state index in [1.807, 2.05) is 6.92 Å². The Hall–Kier alpha value is -1.23. The molecule has 0 saturated heterocycles. The van der Waals surface area contributed by atoms with Gasteiger partial charge in [0, 0.05) is 13.1 Å². The van der Waals surface area contributed by atoms with Crippen LogP contribution in [0.1, 0.15) is 12.5 Å². The quantitative estimate of drug-likeness (QED) is 0.534. The Kier molecular flexibility index (Phi) is 2.00. The van der Waals surface area contributed by atoms with Crippen molar-refractivity contribution in [2.45, 2.75) is 20.0 Å². The SMILES string of the molecule is CCn1[nH]c(=O)c(CN)c1O. The number of nitrogens with one attached hydrogen (secondary N) is 1. The van der Waals surface area contributed by atoms with Crippen LogP contribution in [0.25, 0.3) is 0 Å². The molecule has 0 aliphatic rings. The van der Waals surface area contributed by atoms with E-state index in [1.165, 1.54) is 4.68 Å². The minimum Gasteiger partial charge on any atom is -0.493 e. The molecular weight excluding hydrogens is 146 g/mol. The van der Waals surface area contributed by atoms with Crippen molar-refractivity contribution in [3.8, 4) is 5.88 Å². The molecular formula is C6H11N3O2. The monoisotopic (exact) mass is 157 g/mol. The Balaban J connectivity index is 3.25. The van der Waals surface area contributed by atoms with Gasteiger partial charge in [0.05, 0.1) is 5.56 Å². The molecule has 0 saturated carbocycles. The summed E-state index contributed by atoms with van der Waals surface area (Å²) in [6.45, 7) is 2.41. The third-order valence-corrected chi connectivity index (χ3v) is 1.56. The molecule has 4 N–H and O–H groups in total. The van der Waals surface area contributed by atoms with E-state index >= 15 is 0 Å². The minimum absolute atomic E-state index is 0.0556. The second-order valence-electron chi connectivity index (χ2n) is 2.19. The molecule has 62 valence electrons. The Morgan fingerprint density at radius 3 is 2.64 bits per heavy atom. The maximum atomic E-state index is 10.9. The molecule has 0 aromatic carbocycles. The summed E-state index contributed by atoms with van der Waals surface area (Å²) in [6.07, 6.45) is 0. The summed E-state index contributed by atoms with van der Waals surface area (Å²) in [4.78, 5) is 10.9. The van der Waals surface area contributed by atoms with Crippen LogP contribution in [-0.2, 0) is 13.1 Å². The lowest BCUT2D eigenvalue weighted by atomic mass is 10.3. The van der Waals surface area contributed by atoms with Gasteiger partial charge in [-0.15, -0.1) is 0 Å². The number of aromatic hydroxyl groups is 1. The van der Waals surface area contributed by atoms with E-state index in [4.69, 9.17) is 5.73 Å². The van der Waals surface area contributed by atoms with E-state index in [2.05, 4.69) is 5.10 Å². The molecule has 0 amide bonds. The zero-order valence-corrected chi connectivity index (χ0v) is 6.29. The minimum atomic E-state index is -0.313. The normalized spacial score (nSPS) is 10.4. The summed E-state index contributed by atoms with van der Waals surface area (Å²) < 4.78 is 1.35. The maximum Gasteiger partial charge on any atom is 0.272 e. The molecule has 0 unspecified atom stereocenters. The number of aromatic amines is 1. The first-order valence-corrected chi connectivity index (χ1v) is 3.41. The van der Waals surface area contributed by atoms with Gasteiger partial charge in [-0.05, 0) is 6.92 Å². The fourth-order valence-electron chi connectivity index (χ4n) is 0.920. The smallest absolute Gasteiger partial charge is 0.272 e. The molecule has 11 heavy (non-hydrogen) atoms. The van der Waals surface area contributed by atoms with E-state index < -0.39 is 0 Å². The van der Waals surface area contributed by atoms with Gasteiger partial charge in [-0.25, -0.2) is 0 Å². The molecule has 1 rings (SSSR count). The highest BCUT2D eigenvalue weighted by Gasteiger charge is 2.09. The summed E-state index contributed by atoms with van der Waals surface area (Å²) in [5.74, 6) is -0.0556. The molecule has 1 aromatic rings. The van der Waals surface area contributed by atoms with Gasteiger partial charge < -0.3 is 10.8 Å². The van der Waals surface area contributed by atoms with Gasteiger partial charge in [0.15, 0.2) is 0 Å².